The van der Waals surface area contributed by atoms with Crippen LogP contribution in [-0.4, -0.2) is 81.6 Å². The summed E-state index contributed by atoms with van der Waals surface area (Å²) in [5, 5.41) is 35.5. The normalized spacial score (nSPS) is 14.7. The molecule has 1 atom stereocenters. The van der Waals surface area contributed by atoms with Crippen LogP contribution in [0.4, 0.5) is 31.9 Å². The highest BCUT2D eigenvalue weighted by molar-refractivity contribution is 7.94. The lowest BCUT2D eigenvalue weighted by atomic mass is 10.0. The summed E-state index contributed by atoms with van der Waals surface area (Å²) in [5.41, 5.74) is 0.867. The molecule has 1 unspecified atom stereocenters. The van der Waals surface area contributed by atoms with Gasteiger partial charge in [0.25, 0.3) is 5.69 Å². The van der Waals surface area contributed by atoms with E-state index in [0.717, 1.165) is 44.6 Å². The van der Waals surface area contributed by atoms with Gasteiger partial charge in [0.1, 0.15) is 19.2 Å². The summed E-state index contributed by atoms with van der Waals surface area (Å²) >= 11 is 6.04. The quantitative estimate of drug-likeness (QED) is 0.0521. The van der Waals surface area contributed by atoms with Gasteiger partial charge in [-0.05, 0) is 94.3 Å². The minimum Gasteiger partial charge on any atom is -0.778 e. The maximum atomic E-state index is 14.3. The van der Waals surface area contributed by atoms with Crippen molar-refractivity contribution < 1.29 is 57.6 Å². The Labute approximate surface area is 344 Å². The van der Waals surface area contributed by atoms with Crippen LogP contribution in [0.3, 0.4) is 0 Å². The second-order valence-electron chi connectivity index (χ2n) is 13.7. The maximum absolute atomic E-state index is 14.3. The Morgan fingerprint density at radius 1 is 1.10 bits per heavy atom. The highest BCUT2D eigenvalue weighted by Gasteiger charge is 2.40. The SMILES string of the molecule is CC(C)=C1OC(=O)N(c2cc(OC3CCCC3)c(Cl)cc2F)C1=O.CCC(CC)Nc1c([N+](=O)[O-])cc(C)c(C)c1[N+](=O)[O-].C[S+](C)C.O=C(O)CNCP(=O)([O-])O. The number of hydrogen-bond donors (Lipinski definition) is 4. The second-order valence-corrected chi connectivity index (χ2v) is 18.1. The molecule has 2 fully saturated rings. The minimum absolute atomic E-state index is 0.00962. The van der Waals surface area contributed by atoms with Crippen LogP contribution in [0.15, 0.2) is 29.5 Å². The van der Waals surface area contributed by atoms with Crippen LogP contribution in [0.5, 0.6) is 5.75 Å². The number of aryl methyl sites for hydroxylation is 1. The van der Waals surface area contributed by atoms with E-state index >= 15 is 0 Å². The first kappa shape index (κ1) is 51.7. The topological polar surface area (TPSA) is 264 Å². The summed E-state index contributed by atoms with van der Waals surface area (Å²) in [6, 6.07) is 3.67. The van der Waals surface area contributed by atoms with Crippen molar-refractivity contribution >= 4 is 70.8 Å². The van der Waals surface area contributed by atoms with Crippen LogP contribution >= 0.6 is 19.2 Å². The first-order chi connectivity index (χ1) is 26.9. The number of benzene rings is 2. The van der Waals surface area contributed by atoms with Crippen LogP contribution in [0.2, 0.25) is 5.02 Å². The van der Waals surface area contributed by atoms with E-state index in [-0.39, 0.29) is 51.4 Å². The molecule has 1 aliphatic carbocycles. The smallest absolute Gasteiger partial charge is 0.427 e. The van der Waals surface area contributed by atoms with Gasteiger partial charge in [0, 0.05) is 23.7 Å². The van der Waals surface area contributed by atoms with Crippen molar-refractivity contribution in [2.45, 2.75) is 92.2 Å². The maximum Gasteiger partial charge on any atom is 0.427 e. The lowest BCUT2D eigenvalue weighted by Gasteiger charge is -2.18. The van der Waals surface area contributed by atoms with Gasteiger partial charge in [-0.3, -0.25) is 35.1 Å². The number of nitro benzene ring substituents is 2. The van der Waals surface area contributed by atoms with Gasteiger partial charge in [0.05, 0.1) is 58.3 Å². The fourth-order valence-electron chi connectivity index (χ4n) is 5.25. The van der Waals surface area contributed by atoms with E-state index in [9.17, 15) is 48.5 Å². The van der Waals surface area contributed by atoms with Gasteiger partial charge >= 0.3 is 23.7 Å². The van der Waals surface area contributed by atoms with Crippen molar-refractivity contribution in [2.24, 2.45) is 0 Å². The van der Waals surface area contributed by atoms with Crippen LogP contribution in [0.25, 0.3) is 0 Å². The average molecular weight is 880 g/mol. The van der Waals surface area contributed by atoms with Gasteiger partial charge in [-0.25, -0.2) is 14.1 Å². The molecular weight excluding hydrogens is 828 g/mol. The van der Waals surface area contributed by atoms with E-state index in [1.165, 1.54) is 12.1 Å². The van der Waals surface area contributed by atoms with Crippen molar-refractivity contribution in [3.63, 3.8) is 0 Å². The molecule has 1 saturated carbocycles. The summed E-state index contributed by atoms with van der Waals surface area (Å²) in [5.74, 6) is -2.50. The Morgan fingerprint density at radius 3 is 2.09 bits per heavy atom. The molecule has 2 amide bonds. The number of aliphatic carboxylic acids is 1. The van der Waals surface area contributed by atoms with Crippen LogP contribution in [0.1, 0.15) is 77.3 Å². The molecule has 58 heavy (non-hydrogen) atoms. The Hall–Kier alpha value is -4.33. The number of carbonyl (C=O) groups is 3. The number of rotatable bonds is 13. The van der Waals surface area contributed by atoms with Gasteiger partial charge in [0.2, 0.25) is 0 Å². The Morgan fingerprint density at radius 2 is 1.66 bits per heavy atom. The molecule has 2 aromatic carbocycles. The molecule has 2 aromatic rings. The highest BCUT2D eigenvalue weighted by atomic mass is 35.5. The zero-order valence-corrected chi connectivity index (χ0v) is 36.3. The molecular formula is C36H52ClFN5O13PS. The first-order valence-corrected chi connectivity index (χ1v) is 22.5. The zero-order chi connectivity index (χ0) is 44.7. The molecule has 22 heteroatoms. The number of carboxylic acid groups (broad SMARTS) is 1. The van der Waals surface area contributed by atoms with Crippen molar-refractivity contribution in [3.8, 4) is 5.75 Å². The van der Waals surface area contributed by atoms with Crippen molar-refractivity contribution in [1.82, 2.24) is 5.32 Å². The average Bonchev–Trinajstić information content (AvgIpc) is 3.72. The number of carbonyl (C=O) groups excluding carboxylic acids is 2. The molecule has 1 aliphatic heterocycles. The van der Waals surface area contributed by atoms with Crippen LogP contribution in [0, 0.1) is 39.9 Å². The fraction of sp³-hybridized carbons (Fsp3) is 0.528. The largest absolute Gasteiger partial charge is 0.778 e. The monoisotopic (exact) mass is 879 g/mol. The number of nitrogens with zero attached hydrogens (tertiary/aromatic N) is 3. The lowest BCUT2D eigenvalue weighted by molar-refractivity contribution is -0.392. The lowest BCUT2D eigenvalue weighted by Crippen LogP contribution is -2.29. The van der Waals surface area contributed by atoms with Gasteiger partial charge in [-0.2, -0.15) is 0 Å². The number of amides is 2. The number of anilines is 2. The van der Waals surface area contributed by atoms with E-state index in [1.807, 2.05) is 19.2 Å². The summed E-state index contributed by atoms with van der Waals surface area (Å²) in [6.45, 7) is 9.89. The molecule has 4 N–H and O–H groups in total. The number of cyclic esters (lactones) is 1. The molecule has 18 nitrogen and oxygen atoms in total. The molecule has 1 heterocycles. The van der Waals surface area contributed by atoms with Gasteiger partial charge in [-0.1, -0.05) is 25.4 Å². The molecule has 0 bridgehead atoms. The molecule has 1 saturated heterocycles. The number of ether oxygens (including phenoxy) is 2. The third-order valence-corrected chi connectivity index (χ3v) is 9.07. The predicted molar refractivity (Wildman–Crippen MR) is 219 cm³/mol. The van der Waals surface area contributed by atoms with Gasteiger partial charge in [-0.15, -0.1) is 0 Å². The van der Waals surface area contributed by atoms with Crippen LogP contribution < -0.4 is 25.2 Å². The van der Waals surface area contributed by atoms with Crippen molar-refractivity contribution in [2.75, 3.05) is 41.8 Å². The van der Waals surface area contributed by atoms with Gasteiger partial charge in [0.15, 0.2) is 11.4 Å². The number of carboxylic acids is 1. The van der Waals surface area contributed by atoms with Crippen molar-refractivity contribution in [1.29, 1.82) is 0 Å². The second kappa shape index (κ2) is 23.9. The highest BCUT2D eigenvalue weighted by Crippen LogP contribution is 2.40. The van der Waals surface area contributed by atoms with E-state index in [4.69, 9.17) is 31.1 Å². The molecule has 4 rings (SSSR count). The number of nitrogens with one attached hydrogen (secondary N) is 2. The Kier molecular flexibility index (Phi) is 21.3. The van der Waals surface area contributed by atoms with Gasteiger partial charge < -0.3 is 34.2 Å². The fourth-order valence-corrected chi connectivity index (χ4v) is 5.84. The van der Waals surface area contributed by atoms with E-state index < -0.39 is 54.1 Å². The number of halogens is 2. The molecule has 0 radical (unpaired) electrons. The Bertz CT molecular complexity index is 1880. The van der Waals surface area contributed by atoms with E-state index in [2.05, 4.69) is 24.1 Å². The number of hydrogen-bond acceptors (Lipinski definition) is 13. The zero-order valence-electron chi connectivity index (χ0n) is 33.9. The third-order valence-electron chi connectivity index (χ3n) is 8.16. The molecule has 324 valence electrons. The number of imide groups is 1. The molecule has 2 aliphatic rings. The third kappa shape index (κ3) is 16.5. The summed E-state index contributed by atoms with van der Waals surface area (Å²) < 4.78 is 35.0. The molecule has 0 spiro atoms. The predicted octanol–water partition coefficient (Wildman–Crippen LogP) is 6.96. The van der Waals surface area contributed by atoms with Crippen LogP contribution in [-0.2, 0) is 29.8 Å². The number of nitro groups is 2. The van der Waals surface area contributed by atoms with E-state index in [0.29, 0.717) is 32.5 Å². The number of allylic oxidation sites excluding steroid dienone is 1. The molecule has 0 aromatic heterocycles. The Balaban J connectivity index is 0.000000445. The summed E-state index contributed by atoms with van der Waals surface area (Å²) in [4.78, 5) is 74.1. The summed E-state index contributed by atoms with van der Waals surface area (Å²) in [7, 11) is -3.71. The standard InChI is InChI=1S/C17H17ClFNO4.C13H19N3O4.C3H8NO5P.C3H9S/c1-9(2)15-16(21)20(17(22)24-15)13-8-14(11(18)7-12(13)19)23-10-5-3-4-6-10;1-5-10(6-2)14-12-11(15(17)18)7-8(3)9(4)13(12)16(19)20;5-3(6)1-4-2-10(7,8)9;1-4(2)3/h7-8,10H,3-6H2,1-2H3;7,10,14H,5-6H2,1-4H3;4H,1-2H2,(H,5,6)(H2,7,8,9);1-3H3/q;;;+1/p-1. The van der Waals surface area contributed by atoms with E-state index in [1.54, 1.807) is 27.7 Å². The van der Waals surface area contributed by atoms with Crippen molar-refractivity contribution in [3.05, 3.63) is 71.7 Å². The minimum atomic E-state index is -4.35. The first-order valence-electron chi connectivity index (χ1n) is 17.9. The summed E-state index contributed by atoms with van der Waals surface area (Å²) in [6.07, 6.45) is 10.3.